The molecule has 10 nitrogen and oxygen atoms in total. The third-order valence-corrected chi connectivity index (χ3v) is 8.09. The van der Waals surface area contributed by atoms with Crippen molar-refractivity contribution in [1.29, 1.82) is 0 Å². The van der Waals surface area contributed by atoms with Crippen LogP contribution in [-0.2, 0) is 38.1 Å². The lowest BCUT2D eigenvalue weighted by molar-refractivity contribution is -0.916. The summed E-state index contributed by atoms with van der Waals surface area (Å²) in [7, 11) is 4.18. The molecular formula is C29H52I2N2O8. The first kappa shape index (κ1) is 40.3. The number of rotatable bonds is 16. The largest absolute Gasteiger partial charge is 1.00 e. The first-order valence-corrected chi connectivity index (χ1v) is 14.9. The standard InChI is InChI=1S/C29H52N2O8.2HI/c1-5-36-28(34)24-12-10-16-30(3,22-24)18-14-26(32)38-20-8-7-9-21-39-27(33)15-19-31(4)17-11-13-25(23-31)29(35)37-6-2;;/h24-25H,5-23H2,1-4H3;2*1H/q+2;;/p-2. The molecule has 2 aliphatic heterocycles. The number of hydrogen-bond donors (Lipinski definition) is 0. The van der Waals surface area contributed by atoms with Crippen LogP contribution in [0.3, 0.4) is 0 Å². The van der Waals surface area contributed by atoms with Gasteiger partial charge in [0.2, 0.25) is 0 Å². The Hall–Kier alpha value is -0.740. The van der Waals surface area contributed by atoms with Crippen molar-refractivity contribution in [1.82, 2.24) is 0 Å². The molecule has 0 amide bonds. The van der Waals surface area contributed by atoms with E-state index in [4.69, 9.17) is 18.9 Å². The summed E-state index contributed by atoms with van der Waals surface area (Å²) >= 11 is 0. The fourth-order valence-electron chi connectivity index (χ4n) is 5.80. The summed E-state index contributed by atoms with van der Waals surface area (Å²) in [6.45, 7) is 9.79. The van der Waals surface area contributed by atoms with Gasteiger partial charge in [0.15, 0.2) is 0 Å². The molecule has 0 saturated carbocycles. The van der Waals surface area contributed by atoms with Crippen molar-refractivity contribution >= 4 is 23.9 Å². The topological polar surface area (TPSA) is 105 Å². The van der Waals surface area contributed by atoms with Gasteiger partial charge >= 0.3 is 23.9 Å². The van der Waals surface area contributed by atoms with Crippen LogP contribution in [0.25, 0.3) is 0 Å². The highest BCUT2D eigenvalue weighted by Gasteiger charge is 2.37. The van der Waals surface area contributed by atoms with E-state index in [2.05, 4.69) is 14.1 Å². The summed E-state index contributed by atoms with van der Waals surface area (Å²) < 4.78 is 22.5. The van der Waals surface area contributed by atoms with Crippen LogP contribution in [0.1, 0.15) is 71.6 Å². The highest BCUT2D eigenvalue weighted by atomic mass is 127. The van der Waals surface area contributed by atoms with E-state index in [1.165, 1.54) is 0 Å². The lowest BCUT2D eigenvalue weighted by Crippen LogP contribution is -3.00. The van der Waals surface area contributed by atoms with Gasteiger partial charge in [-0.2, -0.15) is 0 Å². The van der Waals surface area contributed by atoms with Crippen LogP contribution < -0.4 is 48.0 Å². The number of nitrogens with zero attached hydrogens (tertiary/aromatic N) is 2. The molecule has 2 rings (SSSR count). The summed E-state index contributed by atoms with van der Waals surface area (Å²) in [5.74, 6) is -0.857. The Morgan fingerprint density at radius 3 is 1.39 bits per heavy atom. The predicted octanol–water partition coefficient (Wildman–Crippen LogP) is -3.13. The predicted molar refractivity (Wildman–Crippen MR) is 145 cm³/mol. The zero-order chi connectivity index (χ0) is 28.7. The van der Waals surface area contributed by atoms with Crippen molar-refractivity contribution in [2.45, 2.75) is 71.6 Å². The number of likely N-dealkylation sites (tertiary alicyclic amines) is 2. The van der Waals surface area contributed by atoms with Crippen molar-refractivity contribution in [3.63, 3.8) is 0 Å². The number of carbonyl (C=O) groups excluding carboxylic acids is 4. The molecule has 0 aliphatic carbocycles. The van der Waals surface area contributed by atoms with Gasteiger partial charge in [0, 0.05) is 0 Å². The zero-order valence-corrected chi connectivity index (χ0v) is 29.8. The number of piperidine rings is 2. The van der Waals surface area contributed by atoms with Crippen LogP contribution >= 0.6 is 0 Å². The van der Waals surface area contributed by atoms with Gasteiger partial charge in [-0.1, -0.05) is 0 Å². The van der Waals surface area contributed by atoms with Crippen molar-refractivity contribution in [3.8, 4) is 0 Å². The van der Waals surface area contributed by atoms with E-state index in [9.17, 15) is 19.2 Å². The average molecular weight is 811 g/mol. The summed E-state index contributed by atoms with van der Waals surface area (Å²) in [5.41, 5.74) is 0. The molecule has 4 unspecified atom stereocenters. The van der Waals surface area contributed by atoms with Crippen LogP contribution in [0.4, 0.5) is 0 Å². The summed E-state index contributed by atoms with van der Waals surface area (Å²) in [6, 6.07) is 0. The van der Waals surface area contributed by atoms with Gasteiger partial charge in [-0.25, -0.2) is 0 Å². The summed E-state index contributed by atoms with van der Waals surface area (Å²) in [6.07, 6.45) is 6.54. The van der Waals surface area contributed by atoms with Crippen molar-refractivity contribution in [2.24, 2.45) is 11.8 Å². The van der Waals surface area contributed by atoms with E-state index < -0.39 is 0 Å². The molecule has 2 saturated heterocycles. The van der Waals surface area contributed by atoms with Crippen LogP contribution in [0, 0.1) is 11.8 Å². The minimum Gasteiger partial charge on any atom is -1.00 e. The maximum atomic E-state index is 12.2. The Labute approximate surface area is 280 Å². The molecular weight excluding hydrogens is 758 g/mol. The fraction of sp³-hybridized carbons (Fsp3) is 0.862. The van der Waals surface area contributed by atoms with E-state index in [1.54, 1.807) is 0 Å². The second-order valence-corrected chi connectivity index (χ2v) is 11.7. The summed E-state index contributed by atoms with van der Waals surface area (Å²) in [4.78, 5) is 48.7. The van der Waals surface area contributed by atoms with E-state index in [0.717, 1.165) is 58.0 Å². The van der Waals surface area contributed by atoms with Crippen molar-refractivity contribution in [2.75, 3.05) is 79.8 Å². The third kappa shape index (κ3) is 15.5. The Balaban J connectivity index is 0.00000800. The normalized spacial score (nSPS) is 25.6. The second kappa shape index (κ2) is 21.0. The zero-order valence-electron chi connectivity index (χ0n) is 25.5. The van der Waals surface area contributed by atoms with Crippen LogP contribution in [0.2, 0.25) is 0 Å². The Bertz CT molecular complexity index is 754. The van der Waals surface area contributed by atoms with Crippen LogP contribution in [0.5, 0.6) is 0 Å². The van der Waals surface area contributed by atoms with Crippen LogP contribution in [0.15, 0.2) is 0 Å². The lowest BCUT2D eigenvalue weighted by Gasteiger charge is -2.40. The minimum absolute atomic E-state index is 0. The molecule has 41 heavy (non-hydrogen) atoms. The molecule has 0 bridgehead atoms. The molecule has 4 atom stereocenters. The van der Waals surface area contributed by atoms with Gasteiger partial charge in [-0.05, 0) is 58.8 Å². The minimum atomic E-state index is -0.210. The van der Waals surface area contributed by atoms with E-state index in [1.807, 2.05) is 13.8 Å². The molecule has 240 valence electrons. The highest BCUT2D eigenvalue weighted by Crippen LogP contribution is 2.24. The number of carbonyl (C=O) groups is 4. The van der Waals surface area contributed by atoms with Gasteiger partial charge in [0.25, 0.3) is 0 Å². The molecule has 0 aromatic heterocycles. The van der Waals surface area contributed by atoms with Gasteiger partial charge in [0.1, 0.15) is 11.8 Å². The molecule has 2 heterocycles. The lowest BCUT2D eigenvalue weighted by atomic mass is 9.96. The molecule has 0 N–H and O–H groups in total. The number of quaternary nitrogens is 2. The Morgan fingerprint density at radius 1 is 0.634 bits per heavy atom. The number of esters is 4. The number of unbranched alkanes of at least 4 members (excludes halogenated alkanes) is 2. The van der Waals surface area contributed by atoms with Crippen LogP contribution in [-0.4, -0.2) is 113 Å². The molecule has 2 aliphatic rings. The van der Waals surface area contributed by atoms with E-state index in [0.29, 0.717) is 74.4 Å². The highest BCUT2D eigenvalue weighted by molar-refractivity contribution is 5.73. The maximum Gasteiger partial charge on any atom is 0.314 e. The maximum absolute atomic E-state index is 12.2. The summed E-state index contributed by atoms with van der Waals surface area (Å²) in [5, 5.41) is 0. The quantitative estimate of drug-likeness (QED) is 0.0531. The third-order valence-electron chi connectivity index (χ3n) is 8.09. The van der Waals surface area contributed by atoms with Gasteiger partial charge in [-0.15, -0.1) is 0 Å². The van der Waals surface area contributed by atoms with Crippen molar-refractivity contribution in [3.05, 3.63) is 0 Å². The molecule has 0 aromatic carbocycles. The van der Waals surface area contributed by atoms with Gasteiger partial charge in [-0.3, -0.25) is 19.2 Å². The molecule has 0 spiro atoms. The first-order valence-electron chi connectivity index (χ1n) is 14.9. The number of hydrogen-bond acceptors (Lipinski definition) is 8. The monoisotopic (exact) mass is 810 g/mol. The smallest absolute Gasteiger partial charge is 0.314 e. The van der Waals surface area contributed by atoms with Gasteiger partial charge < -0.3 is 75.9 Å². The van der Waals surface area contributed by atoms with E-state index in [-0.39, 0.29) is 83.7 Å². The van der Waals surface area contributed by atoms with E-state index >= 15 is 0 Å². The number of ether oxygens (including phenoxy) is 4. The second-order valence-electron chi connectivity index (χ2n) is 11.7. The van der Waals surface area contributed by atoms with Crippen molar-refractivity contribution < 1.29 is 95.0 Å². The fourth-order valence-corrected chi connectivity index (χ4v) is 5.80. The Kier molecular flexibility index (Phi) is 20.7. The number of halogens is 2. The SMILES string of the molecule is CCOC(=O)C1CCC[N+](C)(CCC(=O)OCCCCCOC(=O)CC[N+]2(C)CCCC(C(=O)OCC)C2)C1.[I-].[I-]. The molecule has 0 aromatic rings. The molecule has 2 fully saturated rings. The average Bonchev–Trinajstić information content (AvgIpc) is 2.90. The molecule has 0 radical (unpaired) electrons. The Morgan fingerprint density at radius 2 is 1.02 bits per heavy atom. The van der Waals surface area contributed by atoms with Gasteiger partial charge in [0.05, 0.1) is 92.6 Å². The molecule has 12 heteroatoms. The first-order chi connectivity index (χ1) is 18.6.